The zero-order valence-corrected chi connectivity index (χ0v) is 17.3. The Hall–Kier alpha value is -2.83. The number of nitrogens with one attached hydrogen (secondary N) is 1. The van der Waals surface area contributed by atoms with Crippen molar-refractivity contribution in [3.8, 4) is 11.3 Å². The summed E-state index contributed by atoms with van der Waals surface area (Å²) in [6, 6.07) is 7.60. The van der Waals surface area contributed by atoms with E-state index in [0.29, 0.717) is 6.42 Å². The number of carbonyl (C=O) groups is 2. The van der Waals surface area contributed by atoms with Gasteiger partial charge in [-0.15, -0.1) is 0 Å². The first-order valence-electron chi connectivity index (χ1n) is 9.48. The van der Waals surface area contributed by atoms with Crippen LogP contribution in [0.15, 0.2) is 30.5 Å². The minimum absolute atomic E-state index is 0.0160. The maximum atomic E-state index is 12.4. The van der Waals surface area contributed by atoms with Crippen molar-refractivity contribution in [1.82, 2.24) is 15.1 Å². The molecule has 150 valence electrons. The van der Waals surface area contributed by atoms with Gasteiger partial charge in [0.05, 0.1) is 11.7 Å². The predicted octanol–water partition coefficient (Wildman–Crippen LogP) is 3.80. The highest BCUT2D eigenvalue weighted by atomic mass is 16.6. The molecular weight excluding hydrogens is 356 g/mol. The number of hydrogen-bond donors (Lipinski definition) is 1. The van der Waals surface area contributed by atoms with Crippen LogP contribution in [-0.2, 0) is 16.6 Å². The van der Waals surface area contributed by atoms with Crippen molar-refractivity contribution >= 4 is 17.7 Å². The van der Waals surface area contributed by atoms with Crippen molar-refractivity contribution in [2.24, 2.45) is 7.05 Å². The molecular formula is C21H28N4O3. The molecule has 2 aromatic rings. The fourth-order valence-corrected chi connectivity index (χ4v) is 3.75. The third-order valence-corrected chi connectivity index (χ3v) is 4.83. The summed E-state index contributed by atoms with van der Waals surface area (Å²) in [6.45, 7) is 9.06. The quantitative estimate of drug-likeness (QED) is 0.854. The average Bonchev–Trinajstić information content (AvgIpc) is 2.98. The minimum atomic E-state index is -0.574. The molecule has 0 saturated heterocycles. The zero-order valence-electron chi connectivity index (χ0n) is 17.3. The first-order valence-corrected chi connectivity index (χ1v) is 9.48. The molecule has 0 saturated carbocycles. The van der Waals surface area contributed by atoms with Gasteiger partial charge in [0.2, 0.25) is 5.91 Å². The highest BCUT2D eigenvalue weighted by Gasteiger charge is 2.34. The molecule has 0 fully saturated rings. The molecule has 2 heterocycles. The van der Waals surface area contributed by atoms with Crippen LogP contribution >= 0.6 is 0 Å². The average molecular weight is 384 g/mol. The predicted molar refractivity (Wildman–Crippen MR) is 108 cm³/mol. The Kier molecular flexibility index (Phi) is 5.19. The second-order valence-corrected chi connectivity index (χ2v) is 8.29. The van der Waals surface area contributed by atoms with Gasteiger partial charge in [-0.2, -0.15) is 5.10 Å². The molecule has 0 spiro atoms. The van der Waals surface area contributed by atoms with E-state index in [9.17, 15) is 9.59 Å². The summed E-state index contributed by atoms with van der Waals surface area (Å²) in [5.41, 5.74) is 3.09. The number of anilines is 1. The molecule has 7 nitrogen and oxygen atoms in total. The number of aryl methyl sites for hydroxylation is 1. The van der Waals surface area contributed by atoms with Gasteiger partial charge in [0.1, 0.15) is 5.60 Å². The van der Waals surface area contributed by atoms with Crippen LogP contribution in [0.4, 0.5) is 10.5 Å². The monoisotopic (exact) mass is 384 g/mol. The van der Waals surface area contributed by atoms with E-state index >= 15 is 0 Å². The number of alkyl carbamates (subject to hydrolysis) is 1. The number of aromatic nitrogens is 2. The van der Waals surface area contributed by atoms with Crippen LogP contribution in [0, 0.1) is 0 Å². The van der Waals surface area contributed by atoms with Gasteiger partial charge < -0.3 is 15.0 Å². The lowest BCUT2D eigenvalue weighted by Gasteiger charge is -2.39. The third kappa shape index (κ3) is 4.03. The van der Waals surface area contributed by atoms with E-state index in [1.165, 1.54) is 0 Å². The Balaban J connectivity index is 2.01. The van der Waals surface area contributed by atoms with E-state index in [2.05, 4.69) is 10.4 Å². The van der Waals surface area contributed by atoms with Gasteiger partial charge in [-0.1, -0.05) is 6.07 Å². The van der Waals surface area contributed by atoms with Crippen LogP contribution in [-0.4, -0.2) is 33.4 Å². The Morgan fingerprint density at radius 1 is 1.25 bits per heavy atom. The summed E-state index contributed by atoms with van der Waals surface area (Å²) in [6.07, 6.45) is 1.90. The number of carbonyl (C=O) groups excluding carboxylic acids is 2. The van der Waals surface area contributed by atoms with Crippen LogP contribution in [0.1, 0.15) is 52.6 Å². The van der Waals surface area contributed by atoms with Crippen molar-refractivity contribution in [2.45, 2.75) is 58.7 Å². The summed E-state index contributed by atoms with van der Waals surface area (Å²) in [4.78, 5) is 26.4. The van der Waals surface area contributed by atoms with E-state index in [1.54, 1.807) is 22.7 Å². The van der Waals surface area contributed by atoms with Gasteiger partial charge in [0.25, 0.3) is 0 Å². The van der Waals surface area contributed by atoms with Gasteiger partial charge in [0.15, 0.2) is 0 Å². The molecule has 1 aromatic carbocycles. The third-order valence-electron chi connectivity index (χ3n) is 4.83. The van der Waals surface area contributed by atoms with Gasteiger partial charge in [-0.3, -0.25) is 9.48 Å². The van der Waals surface area contributed by atoms with Crippen LogP contribution in [0.5, 0.6) is 0 Å². The van der Waals surface area contributed by atoms with Crippen molar-refractivity contribution < 1.29 is 14.3 Å². The molecule has 2 amide bonds. The van der Waals surface area contributed by atoms with Crippen molar-refractivity contribution in [1.29, 1.82) is 0 Å². The molecule has 1 aliphatic rings. The topological polar surface area (TPSA) is 76.5 Å². The van der Waals surface area contributed by atoms with Crippen molar-refractivity contribution in [3.05, 3.63) is 36.0 Å². The number of fused-ring (bicyclic) bond motifs is 1. The number of benzene rings is 1. The van der Waals surface area contributed by atoms with Crippen molar-refractivity contribution in [3.63, 3.8) is 0 Å². The van der Waals surface area contributed by atoms with Crippen LogP contribution < -0.4 is 10.2 Å². The van der Waals surface area contributed by atoms with E-state index in [-0.39, 0.29) is 18.0 Å². The molecule has 0 aliphatic carbocycles. The maximum absolute atomic E-state index is 12.4. The molecule has 1 aromatic heterocycles. The SMILES string of the molecule is CC(=O)N1c2ccc(-c3ccnn3C)cc2[C@H](NC(=O)OC(C)(C)C)C[C@@H]1C. The molecule has 0 bridgehead atoms. The molecule has 1 aliphatic heterocycles. The van der Waals surface area contributed by atoms with Gasteiger partial charge in [-0.05, 0) is 57.9 Å². The number of nitrogens with zero attached hydrogens (tertiary/aromatic N) is 3. The molecule has 28 heavy (non-hydrogen) atoms. The fraction of sp³-hybridized carbons (Fsp3) is 0.476. The Morgan fingerprint density at radius 2 is 1.96 bits per heavy atom. The van der Waals surface area contributed by atoms with E-state index in [4.69, 9.17) is 4.74 Å². The number of ether oxygens (including phenoxy) is 1. The summed E-state index contributed by atoms with van der Waals surface area (Å²) in [7, 11) is 1.88. The fourth-order valence-electron chi connectivity index (χ4n) is 3.75. The van der Waals surface area contributed by atoms with Gasteiger partial charge in [0, 0.05) is 37.5 Å². The second-order valence-electron chi connectivity index (χ2n) is 8.29. The molecule has 0 radical (unpaired) electrons. The Labute approximate surface area is 165 Å². The normalized spacial score (nSPS) is 19.1. The standard InChI is InChI=1S/C21H28N4O3/c1-13-11-17(23-20(27)28-21(3,4)5)16-12-15(18-9-10-22-24(18)6)7-8-19(16)25(13)14(2)26/h7-10,12-13,17H,11H2,1-6H3,(H,23,27)/t13-,17+/m0/s1. The highest BCUT2D eigenvalue weighted by Crippen LogP contribution is 2.39. The molecule has 7 heteroatoms. The summed E-state index contributed by atoms with van der Waals surface area (Å²) < 4.78 is 7.24. The molecule has 3 rings (SSSR count). The Morgan fingerprint density at radius 3 is 2.54 bits per heavy atom. The first kappa shape index (κ1) is 19.9. The van der Waals surface area contributed by atoms with Gasteiger partial charge in [-0.25, -0.2) is 4.79 Å². The smallest absolute Gasteiger partial charge is 0.408 e. The maximum Gasteiger partial charge on any atom is 0.408 e. The first-order chi connectivity index (χ1) is 13.1. The van der Waals surface area contributed by atoms with Gasteiger partial charge >= 0.3 is 6.09 Å². The van der Waals surface area contributed by atoms with E-state index < -0.39 is 11.7 Å². The molecule has 0 unspecified atom stereocenters. The number of amides is 2. The van der Waals surface area contributed by atoms with Crippen LogP contribution in [0.2, 0.25) is 0 Å². The van der Waals surface area contributed by atoms with Crippen LogP contribution in [0.3, 0.4) is 0 Å². The molecule has 2 atom stereocenters. The zero-order chi connectivity index (χ0) is 20.6. The summed E-state index contributed by atoms with van der Waals surface area (Å²) in [5.74, 6) is -0.0160. The number of rotatable bonds is 2. The number of hydrogen-bond acceptors (Lipinski definition) is 4. The lowest BCUT2D eigenvalue weighted by atomic mass is 9.90. The van der Waals surface area contributed by atoms with Crippen molar-refractivity contribution in [2.75, 3.05) is 4.90 Å². The van der Waals surface area contributed by atoms with Crippen LogP contribution in [0.25, 0.3) is 11.3 Å². The minimum Gasteiger partial charge on any atom is -0.444 e. The van der Waals surface area contributed by atoms with E-state index in [1.807, 2.05) is 59.0 Å². The molecule has 1 N–H and O–H groups in total. The largest absolute Gasteiger partial charge is 0.444 e. The lowest BCUT2D eigenvalue weighted by Crippen LogP contribution is -2.46. The summed E-state index contributed by atoms with van der Waals surface area (Å²) in [5, 5.41) is 7.22. The lowest BCUT2D eigenvalue weighted by molar-refractivity contribution is -0.117. The Bertz CT molecular complexity index is 897. The summed E-state index contributed by atoms with van der Waals surface area (Å²) >= 11 is 0. The highest BCUT2D eigenvalue weighted by molar-refractivity contribution is 5.94. The second kappa shape index (κ2) is 7.30. The van der Waals surface area contributed by atoms with E-state index in [0.717, 1.165) is 22.5 Å².